The van der Waals surface area contributed by atoms with Gasteiger partial charge in [-0.1, -0.05) is 60.7 Å². The minimum atomic E-state index is -0.679. The van der Waals surface area contributed by atoms with Crippen LogP contribution in [-0.2, 0) is 32.2 Å². The van der Waals surface area contributed by atoms with Crippen molar-refractivity contribution in [3.63, 3.8) is 0 Å². The minimum absolute atomic E-state index is 0.0656. The maximum absolute atomic E-state index is 13.1. The van der Waals surface area contributed by atoms with Gasteiger partial charge in [0.1, 0.15) is 18.8 Å². The molecule has 1 atom stereocenters. The lowest BCUT2D eigenvalue weighted by Crippen LogP contribution is -2.49. The van der Waals surface area contributed by atoms with E-state index < -0.39 is 35.5 Å². The van der Waals surface area contributed by atoms with Gasteiger partial charge in [-0.25, -0.2) is 14.4 Å². The molecule has 4 amide bonds. The van der Waals surface area contributed by atoms with Crippen LogP contribution in [0.15, 0.2) is 60.7 Å². The second-order valence-corrected chi connectivity index (χ2v) is 12.0. The summed E-state index contributed by atoms with van der Waals surface area (Å²) in [6.45, 7) is 11.7. The van der Waals surface area contributed by atoms with E-state index in [0.29, 0.717) is 0 Å². The van der Waals surface area contributed by atoms with Gasteiger partial charge in [0.05, 0.1) is 0 Å². The first-order valence-corrected chi connectivity index (χ1v) is 14.4. The number of ether oxygens (including phenoxy) is 3. The van der Waals surface area contributed by atoms with Crippen molar-refractivity contribution in [1.29, 1.82) is 0 Å². The molecule has 1 unspecified atom stereocenters. The fraction of sp³-hybridized carbons (Fsp3) is 0.500. The standard InChI is InChI=1S/C32H46N4O7/c1-31(2,3)36(30(40)42-23-25-15-11-8-12-16-25)20-17-26(35-29(39)41-22-24-13-9-7-10-14-24)21-27(37)33-18-19-34-28(38)43-32(4,5)6/h7-16,26H,17-23H2,1-6H3,(H,33,37)(H,34,38)(H,35,39). The van der Waals surface area contributed by atoms with Crippen molar-refractivity contribution in [3.05, 3.63) is 71.8 Å². The summed E-state index contributed by atoms with van der Waals surface area (Å²) in [4.78, 5) is 51.9. The van der Waals surface area contributed by atoms with Gasteiger partial charge in [-0.15, -0.1) is 0 Å². The number of amides is 4. The van der Waals surface area contributed by atoms with Crippen LogP contribution in [0.1, 0.15) is 65.5 Å². The van der Waals surface area contributed by atoms with Crippen LogP contribution in [0, 0.1) is 0 Å². The van der Waals surface area contributed by atoms with Gasteiger partial charge in [0.25, 0.3) is 0 Å². The van der Waals surface area contributed by atoms with E-state index in [2.05, 4.69) is 16.0 Å². The van der Waals surface area contributed by atoms with Gasteiger partial charge in [0.2, 0.25) is 5.91 Å². The lowest BCUT2D eigenvalue weighted by Gasteiger charge is -2.35. The molecule has 2 rings (SSSR count). The quantitative estimate of drug-likeness (QED) is 0.215. The van der Waals surface area contributed by atoms with Crippen molar-refractivity contribution in [2.45, 2.75) is 84.8 Å². The van der Waals surface area contributed by atoms with Crippen LogP contribution in [0.2, 0.25) is 0 Å². The van der Waals surface area contributed by atoms with Gasteiger partial charge in [0.15, 0.2) is 0 Å². The maximum Gasteiger partial charge on any atom is 0.410 e. The Kier molecular flexibility index (Phi) is 13.8. The number of hydrogen-bond donors (Lipinski definition) is 3. The Bertz CT molecular complexity index is 1160. The molecule has 11 nitrogen and oxygen atoms in total. The van der Waals surface area contributed by atoms with E-state index in [1.54, 1.807) is 25.7 Å². The topological polar surface area (TPSA) is 135 Å². The first-order valence-electron chi connectivity index (χ1n) is 14.4. The van der Waals surface area contributed by atoms with Crippen molar-refractivity contribution >= 4 is 24.2 Å². The highest BCUT2D eigenvalue weighted by atomic mass is 16.6. The molecule has 43 heavy (non-hydrogen) atoms. The van der Waals surface area contributed by atoms with E-state index in [0.717, 1.165) is 11.1 Å². The molecule has 0 saturated heterocycles. The fourth-order valence-electron chi connectivity index (χ4n) is 3.92. The van der Waals surface area contributed by atoms with Crippen molar-refractivity contribution < 1.29 is 33.4 Å². The fourth-order valence-corrected chi connectivity index (χ4v) is 3.92. The summed E-state index contributed by atoms with van der Waals surface area (Å²) < 4.78 is 16.1. The van der Waals surface area contributed by atoms with Gasteiger partial charge < -0.3 is 35.1 Å². The second-order valence-electron chi connectivity index (χ2n) is 12.0. The number of nitrogens with zero attached hydrogens (tertiary/aromatic N) is 1. The maximum atomic E-state index is 13.1. The van der Waals surface area contributed by atoms with Crippen molar-refractivity contribution in [2.24, 2.45) is 0 Å². The van der Waals surface area contributed by atoms with Crippen LogP contribution in [0.4, 0.5) is 14.4 Å². The number of alkyl carbamates (subject to hydrolysis) is 2. The van der Waals surface area contributed by atoms with E-state index in [9.17, 15) is 19.2 Å². The molecule has 11 heteroatoms. The molecule has 3 N–H and O–H groups in total. The first kappa shape index (κ1) is 34.9. The third-order valence-corrected chi connectivity index (χ3v) is 6.02. The zero-order valence-corrected chi connectivity index (χ0v) is 26.1. The lowest BCUT2D eigenvalue weighted by atomic mass is 10.0. The number of carbonyl (C=O) groups is 4. The highest BCUT2D eigenvalue weighted by Gasteiger charge is 2.29. The Morgan fingerprint density at radius 3 is 1.81 bits per heavy atom. The first-order chi connectivity index (χ1) is 20.2. The molecular weight excluding hydrogens is 552 g/mol. The summed E-state index contributed by atoms with van der Waals surface area (Å²) in [7, 11) is 0. The van der Waals surface area contributed by atoms with Crippen LogP contribution in [0.25, 0.3) is 0 Å². The average Bonchev–Trinajstić information content (AvgIpc) is 2.92. The lowest BCUT2D eigenvalue weighted by molar-refractivity contribution is -0.121. The molecule has 0 bridgehead atoms. The highest BCUT2D eigenvalue weighted by Crippen LogP contribution is 2.18. The molecule has 0 aromatic heterocycles. The number of rotatable bonds is 13. The molecule has 2 aromatic carbocycles. The van der Waals surface area contributed by atoms with Crippen LogP contribution < -0.4 is 16.0 Å². The molecule has 0 radical (unpaired) electrons. The van der Waals surface area contributed by atoms with Gasteiger partial charge in [0, 0.05) is 37.6 Å². The Morgan fingerprint density at radius 1 is 0.744 bits per heavy atom. The van der Waals surface area contributed by atoms with E-state index in [4.69, 9.17) is 14.2 Å². The van der Waals surface area contributed by atoms with Gasteiger partial charge in [-0.05, 0) is 59.1 Å². The smallest absolute Gasteiger partial charge is 0.410 e. The van der Waals surface area contributed by atoms with Crippen LogP contribution in [0.3, 0.4) is 0 Å². The second kappa shape index (κ2) is 17.0. The Labute approximate surface area is 254 Å². The molecule has 0 spiro atoms. The SMILES string of the molecule is CC(C)(C)OC(=O)NCCNC(=O)CC(CCN(C(=O)OCc1ccccc1)C(C)(C)C)NC(=O)OCc1ccccc1. The van der Waals surface area contributed by atoms with E-state index in [1.807, 2.05) is 81.4 Å². The number of nitrogens with one attached hydrogen (secondary N) is 3. The highest BCUT2D eigenvalue weighted by molar-refractivity contribution is 5.78. The largest absolute Gasteiger partial charge is 0.445 e. The predicted molar refractivity (Wildman–Crippen MR) is 163 cm³/mol. The van der Waals surface area contributed by atoms with E-state index in [1.165, 1.54) is 0 Å². The zero-order valence-electron chi connectivity index (χ0n) is 26.1. The molecule has 2 aromatic rings. The summed E-state index contributed by atoms with van der Waals surface area (Å²) in [6, 6.07) is 18.0. The third kappa shape index (κ3) is 15.0. The minimum Gasteiger partial charge on any atom is -0.445 e. The molecule has 0 aliphatic rings. The van der Waals surface area contributed by atoms with Crippen molar-refractivity contribution in [2.75, 3.05) is 19.6 Å². The Hall–Kier alpha value is -4.28. The van der Waals surface area contributed by atoms with E-state index in [-0.39, 0.29) is 51.6 Å². The molecule has 0 fully saturated rings. The Balaban J connectivity index is 1.98. The van der Waals surface area contributed by atoms with Gasteiger partial charge in [-0.2, -0.15) is 0 Å². The average molecular weight is 599 g/mol. The molecular formula is C32H46N4O7. The van der Waals surface area contributed by atoms with Crippen LogP contribution in [0.5, 0.6) is 0 Å². The molecule has 0 saturated carbocycles. The van der Waals surface area contributed by atoms with Gasteiger partial charge >= 0.3 is 18.3 Å². The zero-order chi connectivity index (χ0) is 31.9. The summed E-state index contributed by atoms with van der Waals surface area (Å²) in [5.41, 5.74) is 0.477. The normalized spacial score (nSPS) is 12.0. The molecule has 0 heterocycles. The summed E-state index contributed by atoms with van der Waals surface area (Å²) in [5.74, 6) is -0.340. The number of carbonyl (C=O) groups excluding carboxylic acids is 4. The number of benzene rings is 2. The molecule has 236 valence electrons. The monoisotopic (exact) mass is 598 g/mol. The van der Waals surface area contributed by atoms with Crippen molar-refractivity contribution in [1.82, 2.24) is 20.9 Å². The van der Waals surface area contributed by atoms with Crippen LogP contribution >= 0.6 is 0 Å². The number of hydrogen-bond acceptors (Lipinski definition) is 7. The van der Waals surface area contributed by atoms with Crippen LogP contribution in [-0.4, -0.2) is 65.9 Å². The molecule has 0 aliphatic heterocycles. The van der Waals surface area contributed by atoms with E-state index >= 15 is 0 Å². The summed E-state index contributed by atoms with van der Waals surface area (Å²) in [6.07, 6.45) is -1.56. The summed E-state index contributed by atoms with van der Waals surface area (Å²) in [5, 5.41) is 8.08. The third-order valence-electron chi connectivity index (χ3n) is 6.02. The molecule has 0 aliphatic carbocycles. The summed E-state index contributed by atoms with van der Waals surface area (Å²) >= 11 is 0. The van der Waals surface area contributed by atoms with Gasteiger partial charge in [-0.3, -0.25) is 4.79 Å². The van der Waals surface area contributed by atoms with Crippen molar-refractivity contribution in [3.8, 4) is 0 Å². The predicted octanol–water partition coefficient (Wildman–Crippen LogP) is 5.14. The Morgan fingerprint density at radius 2 is 1.28 bits per heavy atom.